The zero-order chi connectivity index (χ0) is 10.4. The Hall–Kier alpha value is -1.77. The molecule has 0 fully saturated rings. The molecule has 1 atom stereocenters. The molecule has 1 unspecified atom stereocenters. The van der Waals surface area contributed by atoms with E-state index in [1.807, 2.05) is 31.2 Å². The molecular weight excluding hydrogens is 172 g/mol. The molecule has 0 heterocycles. The van der Waals surface area contributed by atoms with Gasteiger partial charge in [0.25, 0.3) is 0 Å². The van der Waals surface area contributed by atoms with Crippen LogP contribution in [-0.4, -0.2) is 6.54 Å². The van der Waals surface area contributed by atoms with Gasteiger partial charge >= 0.3 is 0 Å². The third-order valence-corrected chi connectivity index (χ3v) is 1.91. The van der Waals surface area contributed by atoms with Crippen LogP contribution >= 0.6 is 0 Å². The summed E-state index contributed by atoms with van der Waals surface area (Å²) in [5.74, 6) is 2.45. The van der Waals surface area contributed by atoms with Crippen molar-refractivity contribution in [2.45, 2.75) is 13.0 Å². The lowest BCUT2D eigenvalue weighted by Gasteiger charge is -2.09. The Bertz CT molecular complexity index is 382. The van der Waals surface area contributed by atoms with E-state index in [1.165, 1.54) is 0 Å². The van der Waals surface area contributed by atoms with Crippen LogP contribution in [0.5, 0.6) is 0 Å². The largest absolute Gasteiger partial charge is 0.287 e. The maximum Gasteiger partial charge on any atom is 0.122 e. The van der Waals surface area contributed by atoms with Crippen LogP contribution < -0.4 is 5.32 Å². The van der Waals surface area contributed by atoms with Gasteiger partial charge in [0.2, 0.25) is 0 Å². The number of aryl methyl sites for hydroxylation is 1. The Morgan fingerprint density at radius 3 is 2.93 bits per heavy atom. The summed E-state index contributed by atoms with van der Waals surface area (Å²) in [6.07, 6.45) is 5.12. The lowest BCUT2D eigenvalue weighted by molar-refractivity contribution is 0.690. The van der Waals surface area contributed by atoms with Crippen LogP contribution in [0.15, 0.2) is 24.3 Å². The average molecular weight is 184 g/mol. The van der Waals surface area contributed by atoms with Crippen molar-refractivity contribution in [3.63, 3.8) is 0 Å². The van der Waals surface area contributed by atoms with Gasteiger partial charge in [-0.05, 0) is 12.5 Å². The van der Waals surface area contributed by atoms with Crippen molar-refractivity contribution in [1.29, 1.82) is 5.26 Å². The molecule has 1 N–H and O–H groups in total. The summed E-state index contributed by atoms with van der Waals surface area (Å²) in [7, 11) is 0. The van der Waals surface area contributed by atoms with Crippen LogP contribution in [0.3, 0.4) is 0 Å². The van der Waals surface area contributed by atoms with E-state index in [1.54, 1.807) is 0 Å². The predicted octanol–water partition coefficient (Wildman–Crippen LogP) is 1.78. The molecule has 2 nitrogen and oxygen atoms in total. The standard InChI is InChI=1S/C12H12N2/c1-3-7-14-12(9-13)11-6-4-5-10(2)8-11/h1,4-6,8,12,14H,7H2,2H3. The van der Waals surface area contributed by atoms with Crippen molar-refractivity contribution in [2.24, 2.45) is 0 Å². The molecule has 0 aliphatic heterocycles. The predicted molar refractivity (Wildman–Crippen MR) is 56.4 cm³/mol. The molecule has 2 heteroatoms. The van der Waals surface area contributed by atoms with Crippen molar-refractivity contribution >= 4 is 0 Å². The highest BCUT2D eigenvalue weighted by Gasteiger charge is 2.07. The first-order chi connectivity index (χ1) is 6.77. The number of nitriles is 1. The van der Waals surface area contributed by atoms with Crippen LogP contribution in [0.25, 0.3) is 0 Å². The minimum Gasteiger partial charge on any atom is -0.287 e. The molecular formula is C12H12N2. The van der Waals surface area contributed by atoms with Crippen molar-refractivity contribution < 1.29 is 0 Å². The van der Waals surface area contributed by atoms with E-state index < -0.39 is 0 Å². The van der Waals surface area contributed by atoms with Gasteiger partial charge in [0, 0.05) is 0 Å². The maximum atomic E-state index is 8.92. The van der Waals surface area contributed by atoms with Gasteiger partial charge in [-0.2, -0.15) is 5.26 Å². The van der Waals surface area contributed by atoms with Gasteiger partial charge in [0.05, 0.1) is 12.6 Å². The summed E-state index contributed by atoms with van der Waals surface area (Å²) in [4.78, 5) is 0. The third-order valence-electron chi connectivity index (χ3n) is 1.91. The SMILES string of the molecule is C#CCNC(C#N)c1cccc(C)c1. The summed E-state index contributed by atoms with van der Waals surface area (Å²) in [5.41, 5.74) is 2.10. The Morgan fingerprint density at radius 1 is 1.57 bits per heavy atom. The van der Waals surface area contributed by atoms with Crippen molar-refractivity contribution in [3.8, 4) is 18.4 Å². The summed E-state index contributed by atoms with van der Waals surface area (Å²) >= 11 is 0. The van der Waals surface area contributed by atoms with E-state index in [9.17, 15) is 0 Å². The van der Waals surface area contributed by atoms with E-state index >= 15 is 0 Å². The molecule has 14 heavy (non-hydrogen) atoms. The van der Waals surface area contributed by atoms with Gasteiger partial charge in [-0.15, -0.1) is 6.42 Å². The normalized spacial score (nSPS) is 11.4. The lowest BCUT2D eigenvalue weighted by atomic mass is 10.1. The molecule has 0 amide bonds. The lowest BCUT2D eigenvalue weighted by Crippen LogP contribution is -2.20. The minimum atomic E-state index is -0.314. The molecule has 0 bridgehead atoms. The van der Waals surface area contributed by atoms with Gasteiger partial charge in [0.1, 0.15) is 6.04 Å². The van der Waals surface area contributed by atoms with Gasteiger partial charge in [-0.1, -0.05) is 35.7 Å². The number of rotatable bonds is 3. The van der Waals surface area contributed by atoms with Gasteiger partial charge in [-0.25, -0.2) is 0 Å². The van der Waals surface area contributed by atoms with Crippen LogP contribution in [0.1, 0.15) is 17.2 Å². The molecule has 0 saturated heterocycles. The molecule has 0 aromatic heterocycles. The minimum absolute atomic E-state index is 0.314. The van der Waals surface area contributed by atoms with Gasteiger partial charge in [0.15, 0.2) is 0 Å². The summed E-state index contributed by atoms with van der Waals surface area (Å²) in [6.45, 7) is 2.41. The molecule has 0 aliphatic carbocycles. The highest BCUT2D eigenvalue weighted by atomic mass is 14.9. The second-order valence-corrected chi connectivity index (χ2v) is 3.06. The van der Waals surface area contributed by atoms with Crippen LogP contribution in [-0.2, 0) is 0 Å². The zero-order valence-electron chi connectivity index (χ0n) is 8.12. The van der Waals surface area contributed by atoms with Crippen LogP contribution in [0.4, 0.5) is 0 Å². The van der Waals surface area contributed by atoms with E-state index in [-0.39, 0.29) is 6.04 Å². The number of nitrogens with one attached hydrogen (secondary N) is 1. The van der Waals surface area contributed by atoms with E-state index in [2.05, 4.69) is 17.3 Å². The summed E-state index contributed by atoms with van der Waals surface area (Å²) in [5, 5.41) is 11.9. The molecule has 1 aromatic carbocycles. The van der Waals surface area contributed by atoms with Gasteiger partial charge < -0.3 is 0 Å². The van der Waals surface area contributed by atoms with E-state index in [0.29, 0.717) is 6.54 Å². The van der Waals surface area contributed by atoms with E-state index in [4.69, 9.17) is 11.7 Å². The topological polar surface area (TPSA) is 35.8 Å². The molecule has 0 spiro atoms. The average Bonchev–Trinajstić information content (AvgIpc) is 2.19. The number of nitrogens with zero attached hydrogens (tertiary/aromatic N) is 1. The number of terminal acetylenes is 1. The molecule has 70 valence electrons. The fraction of sp³-hybridized carbons (Fsp3) is 0.250. The number of benzene rings is 1. The molecule has 1 aromatic rings. The highest BCUT2D eigenvalue weighted by Crippen LogP contribution is 2.12. The van der Waals surface area contributed by atoms with Crippen LogP contribution in [0, 0.1) is 30.6 Å². The fourth-order valence-corrected chi connectivity index (χ4v) is 1.25. The van der Waals surface area contributed by atoms with E-state index in [0.717, 1.165) is 11.1 Å². The second kappa shape index (κ2) is 5.07. The first kappa shape index (κ1) is 10.3. The molecule has 1 rings (SSSR count). The zero-order valence-corrected chi connectivity index (χ0v) is 8.12. The molecule has 0 aliphatic rings. The Morgan fingerprint density at radius 2 is 2.36 bits per heavy atom. The fourth-order valence-electron chi connectivity index (χ4n) is 1.25. The number of hydrogen-bond donors (Lipinski definition) is 1. The smallest absolute Gasteiger partial charge is 0.122 e. The van der Waals surface area contributed by atoms with Gasteiger partial charge in [-0.3, -0.25) is 5.32 Å². The maximum absolute atomic E-state index is 8.92. The Kier molecular flexibility index (Phi) is 3.73. The van der Waals surface area contributed by atoms with Crippen molar-refractivity contribution in [1.82, 2.24) is 5.32 Å². The monoisotopic (exact) mass is 184 g/mol. The quantitative estimate of drug-likeness (QED) is 0.727. The first-order valence-corrected chi connectivity index (χ1v) is 4.41. The first-order valence-electron chi connectivity index (χ1n) is 4.41. The summed E-state index contributed by atoms with van der Waals surface area (Å²) in [6, 6.07) is 9.70. The Balaban J connectivity index is 2.81. The highest BCUT2D eigenvalue weighted by molar-refractivity contribution is 5.28. The molecule has 0 radical (unpaired) electrons. The Labute approximate surface area is 84.6 Å². The van der Waals surface area contributed by atoms with Crippen molar-refractivity contribution in [3.05, 3.63) is 35.4 Å². The second-order valence-electron chi connectivity index (χ2n) is 3.06. The summed E-state index contributed by atoms with van der Waals surface area (Å²) < 4.78 is 0. The van der Waals surface area contributed by atoms with Crippen molar-refractivity contribution in [2.75, 3.05) is 6.54 Å². The third kappa shape index (κ3) is 2.62. The van der Waals surface area contributed by atoms with Crippen LogP contribution in [0.2, 0.25) is 0 Å². The number of hydrogen-bond acceptors (Lipinski definition) is 2. The molecule has 0 saturated carbocycles.